The van der Waals surface area contributed by atoms with Gasteiger partial charge in [0.15, 0.2) is 0 Å². The Hall–Kier alpha value is -2.05. The minimum atomic E-state index is -0.301. The van der Waals surface area contributed by atoms with E-state index in [4.69, 9.17) is 0 Å². The molecule has 0 saturated heterocycles. The molecule has 114 valence electrons. The van der Waals surface area contributed by atoms with Crippen molar-refractivity contribution in [1.82, 2.24) is 10.2 Å². The lowest BCUT2D eigenvalue weighted by Crippen LogP contribution is -2.38. The third-order valence-corrected chi connectivity index (χ3v) is 5.38. The second-order valence-electron chi connectivity index (χ2n) is 5.84. The summed E-state index contributed by atoms with van der Waals surface area (Å²) in [6.07, 6.45) is 0.619. The number of likely N-dealkylation sites (N-methyl/N-ethyl adjacent to an activating group) is 1. The summed E-state index contributed by atoms with van der Waals surface area (Å²) in [5, 5.41) is 17.0. The maximum atomic E-state index is 12.5. The smallest absolute Gasteiger partial charge is 0.256 e. The second kappa shape index (κ2) is 5.00. The van der Waals surface area contributed by atoms with Gasteiger partial charge < -0.3 is 20.6 Å². The number of carbonyl (C=O) groups is 1. The van der Waals surface area contributed by atoms with E-state index >= 15 is 0 Å². The third-order valence-electron chi connectivity index (χ3n) is 4.23. The first-order chi connectivity index (χ1) is 10.6. The fraction of sp³-hybridized carbons (Fsp3) is 0.312. The van der Waals surface area contributed by atoms with Crippen molar-refractivity contribution in [3.05, 3.63) is 45.8 Å². The van der Waals surface area contributed by atoms with Gasteiger partial charge >= 0.3 is 0 Å². The molecule has 1 aromatic carbocycles. The third kappa shape index (κ3) is 2.15. The number of phenols is 1. The topological polar surface area (TPSA) is 64.6 Å². The summed E-state index contributed by atoms with van der Waals surface area (Å²) in [6.45, 7) is 1.89. The minimum absolute atomic E-state index is 0.0239. The van der Waals surface area contributed by atoms with Crippen molar-refractivity contribution in [2.75, 3.05) is 18.9 Å². The van der Waals surface area contributed by atoms with Gasteiger partial charge in [-0.3, -0.25) is 4.79 Å². The van der Waals surface area contributed by atoms with Crippen LogP contribution in [0.1, 0.15) is 32.5 Å². The van der Waals surface area contributed by atoms with E-state index in [-0.39, 0.29) is 17.8 Å². The van der Waals surface area contributed by atoms with Crippen molar-refractivity contribution in [3.63, 3.8) is 0 Å². The number of carbonyl (C=O) groups excluding carboxylic acids is 1. The van der Waals surface area contributed by atoms with Gasteiger partial charge in [0, 0.05) is 18.0 Å². The monoisotopic (exact) mass is 315 g/mol. The van der Waals surface area contributed by atoms with Crippen LogP contribution in [0.15, 0.2) is 24.3 Å². The summed E-state index contributed by atoms with van der Waals surface area (Å²) >= 11 is 1.67. The van der Waals surface area contributed by atoms with Gasteiger partial charge in [0.05, 0.1) is 5.56 Å². The maximum Gasteiger partial charge on any atom is 0.256 e. The van der Waals surface area contributed by atoms with Gasteiger partial charge in [-0.25, -0.2) is 0 Å². The lowest BCUT2D eigenvalue weighted by Gasteiger charge is -2.27. The number of hydrogen-bond donors (Lipinski definition) is 3. The fourth-order valence-electron chi connectivity index (χ4n) is 3.11. The molecule has 0 radical (unpaired) electrons. The van der Waals surface area contributed by atoms with Gasteiger partial charge in [0.2, 0.25) is 0 Å². The number of rotatable bonds is 1. The van der Waals surface area contributed by atoms with Gasteiger partial charge in [-0.15, -0.1) is 11.3 Å². The largest absolute Gasteiger partial charge is 0.508 e. The maximum absolute atomic E-state index is 12.5. The van der Waals surface area contributed by atoms with Crippen molar-refractivity contribution in [2.24, 2.45) is 0 Å². The molecule has 0 aliphatic carbocycles. The first kappa shape index (κ1) is 13.6. The lowest BCUT2D eigenvalue weighted by molar-refractivity contribution is 0.0934. The first-order valence-corrected chi connectivity index (χ1v) is 8.13. The van der Waals surface area contributed by atoms with Crippen molar-refractivity contribution < 1.29 is 9.90 Å². The molecule has 0 saturated carbocycles. The lowest BCUT2D eigenvalue weighted by atomic mass is 10.0. The Bertz CT molecular complexity index is 756. The SMILES string of the molecule is CN1CCc2c(sc3c2C(=O)N[C@H](c2cccc(O)c2)N3)C1. The molecule has 2 aliphatic rings. The molecule has 2 aliphatic heterocycles. The zero-order valence-electron chi connectivity index (χ0n) is 12.2. The van der Waals surface area contributed by atoms with Crippen molar-refractivity contribution in [3.8, 4) is 5.75 Å². The Morgan fingerprint density at radius 2 is 2.23 bits per heavy atom. The highest BCUT2D eigenvalue weighted by molar-refractivity contribution is 7.16. The van der Waals surface area contributed by atoms with Crippen LogP contribution in [-0.4, -0.2) is 29.5 Å². The number of thiophene rings is 1. The van der Waals surface area contributed by atoms with Crippen molar-refractivity contribution >= 4 is 22.2 Å². The molecule has 4 rings (SSSR count). The van der Waals surface area contributed by atoms with Crippen molar-refractivity contribution in [1.29, 1.82) is 0 Å². The molecule has 0 bridgehead atoms. The summed E-state index contributed by atoms with van der Waals surface area (Å²) in [7, 11) is 2.10. The molecule has 0 spiro atoms. The number of aromatic hydroxyl groups is 1. The molecular formula is C16H17N3O2S. The summed E-state index contributed by atoms with van der Waals surface area (Å²) in [6, 6.07) is 6.97. The summed E-state index contributed by atoms with van der Waals surface area (Å²) in [5.41, 5.74) is 2.85. The normalized spacial score (nSPS) is 20.8. The molecule has 3 N–H and O–H groups in total. The molecule has 3 heterocycles. The molecule has 2 aromatic rings. The van der Waals surface area contributed by atoms with E-state index in [2.05, 4.69) is 22.6 Å². The number of hydrogen-bond acceptors (Lipinski definition) is 5. The molecular weight excluding hydrogens is 298 g/mol. The van der Waals surface area contributed by atoms with E-state index in [1.165, 1.54) is 10.4 Å². The van der Waals surface area contributed by atoms with Gasteiger partial charge in [-0.1, -0.05) is 12.1 Å². The summed E-state index contributed by atoms with van der Waals surface area (Å²) in [4.78, 5) is 16.1. The van der Waals surface area contributed by atoms with E-state index < -0.39 is 0 Å². The van der Waals surface area contributed by atoms with E-state index in [1.807, 2.05) is 6.07 Å². The predicted molar refractivity (Wildman–Crippen MR) is 86.3 cm³/mol. The number of fused-ring (bicyclic) bond motifs is 3. The van der Waals surface area contributed by atoms with Crippen molar-refractivity contribution in [2.45, 2.75) is 19.1 Å². The van der Waals surface area contributed by atoms with Crippen LogP contribution in [0.3, 0.4) is 0 Å². The number of nitrogens with one attached hydrogen (secondary N) is 2. The zero-order valence-corrected chi connectivity index (χ0v) is 13.0. The second-order valence-corrected chi connectivity index (χ2v) is 6.95. The van der Waals surface area contributed by atoms with Gasteiger partial charge in [0.1, 0.15) is 16.9 Å². The Balaban J connectivity index is 1.71. The van der Waals surface area contributed by atoms with E-state index in [0.717, 1.165) is 35.6 Å². The van der Waals surface area contributed by atoms with Crippen LogP contribution in [0.4, 0.5) is 5.00 Å². The molecule has 22 heavy (non-hydrogen) atoms. The first-order valence-electron chi connectivity index (χ1n) is 7.31. The van der Waals surface area contributed by atoms with Crippen LogP contribution in [0.2, 0.25) is 0 Å². The van der Waals surface area contributed by atoms with Gasteiger partial charge in [0.25, 0.3) is 5.91 Å². The summed E-state index contributed by atoms with van der Waals surface area (Å²) in [5.74, 6) is 0.176. The number of amides is 1. The molecule has 6 heteroatoms. The van der Waals surface area contributed by atoms with Crippen LogP contribution in [0.25, 0.3) is 0 Å². The quantitative estimate of drug-likeness (QED) is 0.755. The molecule has 0 fully saturated rings. The number of benzene rings is 1. The van der Waals surface area contributed by atoms with Crippen LogP contribution in [0, 0.1) is 0 Å². The highest BCUT2D eigenvalue weighted by Crippen LogP contribution is 2.40. The average Bonchev–Trinajstić information content (AvgIpc) is 2.84. The Morgan fingerprint density at radius 3 is 3.05 bits per heavy atom. The highest BCUT2D eigenvalue weighted by Gasteiger charge is 2.32. The molecule has 1 amide bonds. The van der Waals surface area contributed by atoms with E-state index in [0.29, 0.717) is 0 Å². The minimum Gasteiger partial charge on any atom is -0.508 e. The van der Waals surface area contributed by atoms with Crippen LogP contribution >= 0.6 is 11.3 Å². The molecule has 1 aromatic heterocycles. The molecule has 1 atom stereocenters. The van der Waals surface area contributed by atoms with Gasteiger partial charge in [-0.05, 0) is 36.7 Å². The Kier molecular flexibility index (Phi) is 3.09. The standard InChI is InChI=1S/C16H17N3O2S/c1-19-6-5-11-12(8-19)22-16-13(11)15(21)17-14(18-16)9-3-2-4-10(20)7-9/h2-4,7,14,18,20H,5-6,8H2,1H3,(H,17,21)/t14-/m0/s1. The average molecular weight is 315 g/mol. The highest BCUT2D eigenvalue weighted by atomic mass is 32.1. The molecule has 5 nitrogen and oxygen atoms in total. The van der Waals surface area contributed by atoms with Crippen LogP contribution < -0.4 is 10.6 Å². The number of nitrogens with zero attached hydrogens (tertiary/aromatic N) is 1. The Labute approximate surface area is 132 Å². The molecule has 0 unspecified atom stereocenters. The zero-order chi connectivity index (χ0) is 15.3. The van der Waals surface area contributed by atoms with Gasteiger partial charge in [-0.2, -0.15) is 0 Å². The van der Waals surface area contributed by atoms with E-state index in [9.17, 15) is 9.90 Å². The fourth-order valence-corrected chi connectivity index (χ4v) is 4.47. The summed E-state index contributed by atoms with van der Waals surface area (Å²) < 4.78 is 0. The predicted octanol–water partition coefficient (Wildman–Crippen LogP) is 2.30. The van der Waals surface area contributed by atoms with Crippen LogP contribution in [-0.2, 0) is 13.0 Å². The van der Waals surface area contributed by atoms with Crippen LogP contribution in [0.5, 0.6) is 5.75 Å². The Morgan fingerprint density at radius 1 is 1.36 bits per heavy atom. The number of anilines is 1. The van der Waals surface area contributed by atoms with E-state index in [1.54, 1.807) is 29.5 Å². The number of phenolic OH excluding ortho intramolecular Hbond substituents is 1.